The minimum atomic E-state index is -0.594. The van der Waals surface area contributed by atoms with E-state index in [1.54, 1.807) is 24.4 Å². The first-order valence-electron chi connectivity index (χ1n) is 6.73. The second-order valence-electron chi connectivity index (χ2n) is 4.22. The highest BCUT2D eigenvalue weighted by Crippen LogP contribution is 2.21. The molecular weight excluding hydrogens is 282 g/mol. The van der Waals surface area contributed by atoms with E-state index in [4.69, 9.17) is 14.7 Å². The Balaban J connectivity index is 2.15. The monoisotopic (exact) mass is 297 g/mol. The van der Waals surface area contributed by atoms with Gasteiger partial charge in [0.25, 0.3) is 0 Å². The summed E-state index contributed by atoms with van der Waals surface area (Å²) in [4.78, 5) is 16.0. The van der Waals surface area contributed by atoms with Gasteiger partial charge in [-0.3, -0.25) is 0 Å². The van der Waals surface area contributed by atoms with Gasteiger partial charge in [-0.2, -0.15) is 5.26 Å². The van der Waals surface area contributed by atoms with Crippen molar-refractivity contribution in [2.24, 2.45) is 0 Å². The smallest absolute Gasteiger partial charge is 0.342 e. The molecule has 1 heterocycles. The van der Waals surface area contributed by atoms with Crippen molar-refractivity contribution in [3.8, 4) is 11.8 Å². The number of nitrogens with zero attached hydrogens (tertiary/aromatic N) is 2. The molecule has 0 radical (unpaired) electrons. The van der Waals surface area contributed by atoms with Crippen molar-refractivity contribution in [1.29, 1.82) is 5.26 Å². The summed E-state index contributed by atoms with van der Waals surface area (Å²) < 4.78 is 10.2. The van der Waals surface area contributed by atoms with E-state index in [1.165, 1.54) is 0 Å². The van der Waals surface area contributed by atoms with Crippen LogP contribution in [0.25, 0.3) is 0 Å². The number of benzene rings is 1. The van der Waals surface area contributed by atoms with Gasteiger partial charge in [-0.25, -0.2) is 9.78 Å². The number of nitriles is 1. The van der Waals surface area contributed by atoms with Crippen LogP contribution >= 0.6 is 0 Å². The fourth-order valence-corrected chi connectivity index (χ4v) is 1.78. The van der Waals surface area contributed by atoms with Crippen molar-refractivity contribution in [3.05, 3.63) is 48.2 Å². The molecule has 112 valence electrons. The second-order valence-corrected chi connectivity index (χ2v) is 4.22. The van der Waals surface area contributed by atoms with Gasteiger partial charge in [-0.1, -0.05) is 0 Å². The Labute approximate surface area is 128 Å². The van der Waals surface area contributed by atoms with E-state index in [0.717, 1.165) is 11.4 Å². The molecule has 0 bridgehead atoms. The van der Waals surface area contributed by atoms with Crippen molar-refractivity contribution >= 4 is 17.5 Å². The number of anilines is 2. The molecule has 2 rings (SSSR count). The predicted molar refractivity (Wildman–Crippen MR) is 81.0 cm³/mol. The summed E-state index contributed by atoms with van der Waals surface area (Å²) in [6, 6.07) is 12.3. The quantitative estimate of drug-likeness (QED) is 0.825. The third-order valence-electron chi connectivity index (χ3n) is 2.72. The average molecular weight is 297 g/mol. The van der Waals surface area contributed by atoms with Gasteiger partial charge in [0.15, 0.2) is 6.61 Å². The number of aromatic nitrogens is 1. The van der Waals surface area contributed by atoms with E-state index >= 15 is 0 Å². The van der Waals surface area contributed by atoms with E-state index in [2.05, 4.69) is 10.3 Å². The molecule has 0 amide bonds. The Hall–Kier alpha value is -3.07. The minimum absolute atomic E-state index is 0.270. The van der Waals surface area contributed by atoms with Crippen molar-refractivity contribution in [3.63, 3.8) is 0 Å². The average Bonchev–Trinajstić information content (AvgIpc) is 2.55. The summed E-state index contributed by atoms with van der Waals surface area (Å²) in [5, 5.41) is 11.5. The molecule has 0 spiro atoms. The molecular formula is C16H15N3O3. The predicted octanol–water partition coefficient (Wildman–Crippen LogP) is 2.90. The van der Waals surface area contributed by atoms with Crippen molar-refractivity contribution in [2.75, 3.05) is 18.5 Å². The van der Waals surface area contributed by atoms with Crippen LogP contribution in [0.3, 0.4) is 0 Å². The number of esters is 1. The standard InChI is InChI=1S/C16H15N3O3/c1-2-21-13-7-5-12(6-8-13)19-15-14(4-3-10-18-15)16(20)22-11-9-17/h3-8,10H,2,11H2,1H3,(H,18,19). The Morgan fingerprint density at radius 2 is 2.09 bits per heavy atom. The molecule has 2 aromatic rings. The number of hydrogen-bond donors (Lipinski definition) is 1. The third kappa shape index (κ3) is 3.96. The summed E-state index contributed by atoms with van der Waals surface area (Å²) >= 11 is 0. The Morgan fingerprint density at radius 3 is 2.77 bits per heavy atom. The molecule has 6 nitrogen and oxygen atoms in total. The van der Waals surface area contributed by atoms with Crippen LogP contribution in [0.5, 0.6) is 5.75 Å². The Morgan fingerprint density at radius 1 is 1.32 bits per heavy atom. The Kier molecular flexibility index (Phi) is 5.32. The number of hydrogen-bond acceptors (Lipinski definition) is 6. The topological polar surface area (TPSA) is 84.2 Å². The van der Waals surface area contributed by atoms with Gasteiger partial charge in [0.2, 0.25) is 0 Å². The molecule has 0 atom stereocenters. The molecule has 0 aliphatic rings. The summed E-state index contributed by atoms with van der Waals surface area (Å²) in [6.45, 7) is 2.22. The highest BCUT2D eigenvalue weighted by molar-refractivity contribution is 5.95. The molecule has 0 aliphatic carbocycles. The fourth-order valence-electron chi connectivity index (χ4n) is 1.78. The Bertz CT molecular complexity index is 678. The molecule has 0 fully saturated rings. The van der Waals surface area contributed by atoms with Gasteiger partial charge >= 0.3 is 5.97 Å². The third-order valence-corrected chi connectivity index (χ3v) is 2.72. The minimum Gasteiger partial charge on any atom is -0.494 e. The molecule has 22 heavy (non-hydrogen) atoms. The van der Waals surface area contributed by atoms with E-state index < -0.39 is 5.97 Å². The zero-order valence-corrected chi connectivity index (χ0v) is 12.1. The molecule has 0 saturated heterocycles. The maximum absolute atomic E-state index is 11.9. The molecule has 1 aromatic carbocycles. The largest absolute Gasteiger partial charge is 0.494 e. The number of nitrogens with one attached hydrogen (secondary N) is 1. The number of ether oxygens (including phenoxy) is 2. The number of pyridine rings is 1. The lowest BCUT2D eigenvalue weighted by Crippen LogP contribution is -2.09. The van der Waals surface area contributed by atoms with Crippen molar-refractivity contribution < 1.29 is 14.3 Å². The van der Waals surface area contributed by atoms with Crippen LogP contribution in [0.15, 0.2) is 42.6 Å². The van der Waals surface area contributed by atoms with Crippen LogP contribution in [0.1, 0.15) is 17.3 Å². The SMILES string of the molecule is CCOc1ccc(Nc2ncccc2C(=O)OCC#N)cc1. The molecule has 0 saturated carbocycles. The van der Waals surface area contributed by atoms with Gasteiger partial charge in [0.1, 0.15) is 23.2 Å². The van der Waals surface area contributed by atoms with Gasteiger partial charge in [-0.15, -0.1) is 0 Å². The molecule has 0 unspecified atom stereocenters. The summed E-state index contributed by atoms with van der Waals surface area (Å²) in [7, 11) is 0. The number of carbonyl (C=O) groups excluding carboxylic acids is 1. The first kappa shape index (κ1) is 15.3. The van der Waals surface area contributed by atoms with Gasteiger partial charge < -0.3 is 14.8 Å². The first-order chi connectivity index (χ1) is 10.7. The molecule has 1 aromatic heterocycles. The van der Waals surface area contributed by atoms with E-state index in [1.807, 2.05) is 31.2 Å². The maximum atomic E-state index is 11.9. The van der Waals surface area contributed by atoms with Gasteiger partial charge in [0.05, 0.1) is 6.61 Å². The van der Waals surface area contributed by atoms with E-state index in [9.17, 15) is 4.79 Å². The van der Waals surface area contributed by atoms with Crippen LogP contribution in [0, 0.1) is 11.3 Å². The molecule has 1 N–H and O–H groups in total. The zero-order chi connectivity index (χ0) is 15.8. The lowest BCUT2D eigenvalue weighted by molar-refractivity contribution is 0.0556. The zero-order valence-electron chi connectivity index (χ0n) is 12.1. The van der Waals surface area contributed by atoms with Crippen molar-refractivity contribution in [1.82, 2.24) is 4.98 Å². The van der Waals surface area contributed by atoms with Crippen LogP contribution in [0.2, 0.25) is 0 Å². The van der Waals surface area contributed by atoms with Gasteiger partial charge in [-0.05, 0) is 43.3 Å². The first-order valence-corrected chi connectivity index (χ1v) is 6.73. The highest BCUT2D eigenvalue weighted by Gasteiger charge is 2.13. The van der Waals surface area contributed by atoms with E-state index in [0.29, 0.717) is 12.4 Å². The number of carbonyl (C=O) groups is 1. The summed E-state index contributed by atoms with van der Waals surface area (Å²) in [6.07, 6.45) is 1.57. The highest BCUT2D eigenvalue weighted by atomic mass is 16.5. The lowest BCUT2D eigenvalue weighted by Gasteiger charge is -2.10. The normalized spacial score (nSPS) is 9.64. The molecule has 0 aliphatic heterocycles. The number of rotatable bonds is 6. The van der Waals surface area contributed by atoms with Crippen LogP contribution in [0.4, 0.5) is 11.5 Å². The molecule has 6 heteroatoms. The second kappa shape index (κ2) is 7.64. The summed E-state index contributed by atoms with van der Waals surface area (Å²) in [5.74, 6) is 0.542. The van der Waals surface area contributed by atoms with Crippen LogP contribution in [-0.4, -0.2) is 24.2 Å². The van der Waals surface area contributed by atoms with Crippen LogP contribution < -0.4 is 10.1 Å². The fraction of sp³-hybridized carbons (Fsp3) is 0.188. The summed E-state index contributed by atoms with van der Waals surface area (Å²) in [5.41, 5.74) is 1.03. The lowest BCUT2D eigenvalue weighted by atomic mass is 10.2. The van der Waals surface area contributed by atoms with E-state index in [-0.39, 0.29) is 12.2 Å². The van der Waals surface area contributed by atoms with Gasteiger partial charge in [0, 0.05) is 11.9 Å². The maximum Gasteiger partial charge on any atom is 0.342 e. The van der Waals surface area contributed by atoms with Crippen molar-refractivity contribution in [2.45, 2.75) is 6.92 Å². The van der Waals surface area contributed by atoms with Crippen LogP contribution in [-0.2, 0) is 4.74 Å².